The molecule has 2 heterocycles. The maximum absolute atomic E-state index is 13.0. The van der Waals surface area contributed by atoms with Gasteiger partial charge in [0, 0.05) is 38.9 Å². The molecule has 1 aliphatic rings. The molecular weight excluding hydrogens is 490 g/mol. The summed E-state index contributed by atoms with van der Waals surface area (Å²) in [5.74, 6) is 1.85. The second-order valence-corrected chi connectivity index (χ2v) is 5.96. The molecule has 2 N–H and O–H groups in total. The van der Waals surface area contributed by atoms with Crippen molar-refractivity contribution in [1.29, 1.82) is 0 Å². The lowest BCUT2D eigenvalue weighted by molar-refractivity contribution is -0.142. The van der Waals surface area contributed by atoms with Crippen molar-refractivity contribution in [2.24, 2.45) is 12.0 Å². The van der Waals surface area contributed by atoms with E-state index in [0.29, 0.717) is 24.7 Å². The van der Waals surface area contributed by atoms with Crippen molar-refractivity contribution in [3.05, 3.63) is 41.2 Å². The average molecular weight is 511 g/mol. The highest BCUT2D eigenvalue weighted by Gasteiger charge is 2.36. The van der Waals surface area contributed by atoms with Crippen molar-refractivity contribution in [3.8, 4) is 11.5 Å². The van der Waals surface area contributed by atoms with Crippen LogP contribution in [0.5, 0.6) is 11.5 Å². The van der Waals surface area contributed by atoms with Crippen molar-refractivity contribution < 1.29 is 22.6 Å². The zero-order valence-electron chi connectivity index (χ0n) is 15.3. The molecule has 0 spiro atoms. The van der Waals surface area contributed by atoms with Crippen molar-refractivity contribution in [2.45, 2.75) is 19.1 Å². The molecule has 3 rings (SSSR count). The Hall–Kier alpha value is -2.18. The van der Waals surface area contributed by atoms with Gasteiger partial charge >= 0.3 is 6.18 Å². The number of alkyl halides is 3. The summed E-state index contributed by atoms with van der Waals surface area (Å²) in [6.07, 6.45) is -2.46. The van der Waals surface area contributed by atoms with Crippen molar-refractivity contribution in [2.75, 3.05) is 20.4 Å². The maximum Gasteiger partial charge on any atom is 0.435 e. The smallest absolute Gasteiger partial charge is 0.435 e. The van der Waals surface area contributed by atoms with E-state index in [2.05, 4.69) is 20.7 Å². The first kappa shape index (κ1) is 22.1. The Kier molecular flexibility index (Phi) is 7.38. The van der Waals surface area contributed by atoms with Gasteiger partial charge in [0.05, 0.1) is 0 Å². The molecular formula is C17H21F3IN5O2. The Bertz CT molecular complexity index is 839. The van der Waals surface area contributed by atoms with Gasteiger partial charge in [-0.05, 0) is 24.1 Å². The number of guanidine groups is 1. The molecule has 0 amide bonds. The third kappa shape index (κ3) is 5.42. The van der Waals surface area contributed by atoms with E-state index in [4.69, 9.17) is 9.47 Å². The number of hydrogen-bond acceptors (Lipinski definition) is 4. The molecule has 2 aromatic rings. The van der Waals surface area contributed by atoms with Crippen LogP contribution in [0.3, 0.4) is 0 Å². The molecule has 0 fully saturated rings. The number of halogens is 4. The lowest BCUT2D eigenvalue weighted by Crippen LogP contribution is -2.38. The topological polar surface area (TPSA) is 72.7 Å². The number of fused-ring (bicyclic) bond motifs is 1. The molecule has 11 heteroatoms. The van der Waals surface area contributed by atoms with Crippen molar-refractivity contribution in [3.63, 3.8) is 0 Å². The summed E-state index contributed by atoms with van der Waals surface area (Å²) in [5, 5.41) is 9.44. The highest BCUT2D eigenvalue weighted by Crippen LogP contribution is 2.32. The summed E-state index contributed by atoms with van der Waals surface area (Å²) in [6, 6.07) is 5.70. The van der Waals surface area contributed by atoms with Crippen LogP contribution in [0.25, 0.3) is 0 Å². The molecule has 28 heavy (non-hydrogen) atoms. The van der Waals surface area contributed by atoms with Crippen LogP contribution in [-0.2, 0) is 26.2 Å². The Morgan fingerprint density at radius 3 is 2.71 bits per heavy atom. The summed E-state index contributed by atoms with van der Waals surface area (Å²) in [7, 11) is 3.01. The summed E-state index contributed by atoms with van der Waals surface area (Å²) < 4.78 is 50.7. The quantitative estimate of drug-likeness (QED) is 0.367. The van der Waals surface area contributed by atoms with E-state index >= 15 is 0 Å². The number of ether oxygens (including phenoxy) is 2. The van der Waals surface area contributed by atoms with E-state index in [1.807, 2.05) is 18.2 Å². The van der Waals surface area contributed by atoms with Crippen LogP contribution in [-0.4, -0.2) is 36.1 Å². The van der Waals surface area contributed by atoms with Gasteiger partial charge < -0.3 is 20.1 Å². The van der Waals surface area contributed by atoms with Gasteiger partial charge in [-0.3, -0.25) is 9.67 Å². The average Bonchev–Trinajstić information content (AvgIpc) is 3.23. The lowest BCUT2D eigenvalue weighted by Gasteiger charge is -2.12. The van der Waals surface area contributed by atoms with Gasteiger partial charge in [0.1, 0.15) is 0 Å². The number of hydrogen-bond donors (Lipinski definition) is 2. The van der Waals surface area contributed by atoms with Crippen LogP contribution in [0.1, 0.15) is 16.8 Å². The van der Waals surface area contributed by atoms with E-state index in [1.54, 1.807) is 7.05 Å². The molecule has 154 valence electrons. The Labute approximate surface area is 177 Å². The minimum absolute atomic E-state index is 0. The Morgan fingerprint density at radius 1 is 1.25 bits per heavy atom. The number of aromatic nitrogens is 2. The normalized spacial score (nSPS) is 13.2. The van der Waals surface area contributed by atoms with Crippen LogP contribution in [0, 0.1) is 0 Å². The number of nitrogens with one attached hydrogen (secondary N) is 2. The monoisotopic (exact) mass is 511 g/mol. The lowest BCUT2D eigenvalue weighted by atomic mass is 10.1. The Balaban J connectivity index is 0.00000280. The van der Waals surface area contributed by atoms with Crippen LogP contribution in [0.4, 0.5) is 13.2 Å². The standard InChI is InChI=1S/C17H20F3N5O2.HI/c1-21-16(23-8-12-9-25(2)24-15(12)17(18,19)20)22-6-5-11-3-4-13-14(7-11)27-10-26-13;/h3-4,7,9H,5-6,8,10H2,1-2H3,(H2,21,22,23);1H. The van der Waals surface area contributed by atoms with Gasteiger partial charge in [-0.2, -0.15) is 18.3 Å². The summed E-state index contributed by atoms with van der Waals surface area (Å²) in [6.45, 7) is 0.743. The predicted molar refractivity (Wildman–Crippen MR) is 108 cm³/mol. The number of benzene rings is 1. The Morgan fingerprint density at radius 2 is 2.00 bits per heavy atom. The van der Waals surface area contributed by atoms with Crippen molar-refractivity contribution >= 4 is 29.9 Å². The zero-order chi connectivity index (χ0) is 19.4. The molecule has 0 atom stereocenters. The van der Waals surface area contributed by atoms with E-state index in [0.717, 1.165) is 16.0 Å². The van der Waals surface area contributed by atoms with Gasteiger partial charge in [-0.15, -0.1) is 24.0 Å². The number of aliphatic imine (C=N–C) groups is 1. The number of aryl methyl sites for hydroxylation is 1. The van der Waals surface area contributed by atoms with Crippen LogP contribution < -0.4 is 20.1 Å². The molecule has 7 nitrogen and oxygen atoms in total. The summed E-state index contributed by atoms with van der Waals surface area (Å²) >= 11 is 0. The van der Waals surface area contributed by atoms with E-state index in [1.165, 1.54) is 13.2 Å². The largest absolute Gasteiger partial charge is 0.454 e. The third-order valence-corrected chi connectivity index (χ3v) is 3.99. The van der Waals surface area contributed by atoms with E-state index in [-0.39, 0.29) is 42.9 Å². The highest BCUT2D eigenvalue weighted by atomic mass is 127. The molecule has 0 saturated carbocycles. The minimum atomic E-state index is -4.49. The summed E-state index contributed by atoms with van der Waals surface area (Å²) in [5.41, 5.74) is 0.214. The van der Waals surface area contributed by atoms with Gasteiger partial charge in [0.2, 0.25) is 6.79 Å². The zero-order valence-corrected chi connectivity index (χ0v) is 17.7. The highest BCUT2D eigenvalue weighted by molar-refractivity contribution is 14.0. The SMILES string of the molecule is CN=C(NCCc1ccc2c(c1)OCO2)NCc1cn(C)nc1C(F)(F)F.I. The maximum atomic E-state index is 13.0. The number of nitrogens with zero attached hydrogens (tertiary/aromatic N) is 3. The molecule has 0 aliphatic carbocycles. The first-order valence-corrected chi connectivity index (χ1v) is 8.29. The van der Waals surface area contributed by atoms with Gasteiger partial charge in [-0.25, -0.2) is 0 Å². The molecule has 1 aromatic carbocycles. The second-order valence-electron chi connectivity index (χ2n) is 5.96. The fourth-order valence-corrected chi connectivity index (χ4v) is 2.73. The van der Waals surface area contributed by atoms with Crippen LogP contribution in [0.15, 0.2) is 29.4 Å². The predicted octanol–water partition coefficient (Wildman–Crippen LogP) is 2.69. The first-order chi connectivity index (χ1) is 12.9. The fourth-order valence-electron chi connectivity index (χ4n) is 2.73. The molecule has 0 bridgehead atoms. The van der Waals surface area contributed by atoms with Crippen LogP contribution in [0.2, 0.25) is 0 Å². The van der Waals surface area contributed by atoms with Crippen molar-refractivity contribution in [1.82, 2.24) is 20.4 Å². The van der Waals surface area contributed by atoms with Gasteiger partial charge in [-0.1, -0.05) is 6.07 Å². The van der Waals surface area contributed by atoms with Gasteiger partial charge in [0.25, 0.3) is 0 Å². The molecule has 0 unspecified atom stereocenters. The number of rotatable bonds is 5. The molecule has 0 radical (unpaired) electrons. The van der Waals surface area contributed by atoms with E-state index < -0.39 is 11.9 Å². The molecule has 1 aliphatic heterocycles. The van der Waals surface area contributed by atoms with Gasteiger partial charge in [0.15, 0.2) is 23.2 Å². The molecule has 0 saturated heterocycles. The second kappa shape index (κ2) is 9.34. The summed E-state index contributed by atoms with van der Waals surface area (Å²) in [4.78, 5) is 4.03. The third-order valence-electron chi connectivity index (χ3n) is 3.99. The first-order valence-electron chi connectivity index (χ1n) is 8.29. The minimum Gasteiger partial charge on any atom is -0.454 e. The van der Waals surface area contributed by atoms with Crippen LogP contribution >= 0.6 is 24.0 Å². The van der Waals surface area contributed by atoms with E-state index in [9.17, 15) is 13.2 Å². The fraction of sp³-hybridized carbons (Fsp3) is 0.412. The molecule has 1 aromatic heterocycles.